The Hall–Kier alpha value is -4.78. The van der Waals surface area contributed by atoms with E-state index in [0.717, 1.165) is 31.0 Å². The van der Waals surface area contributed by atoms with Crippen LogP contribution in [0.3, 0.4) is 0 Å². The second kappa shape index (κ2) is 12.1. The van der Waals surface area contributed by atoms with Gasteiger partial charge in [-0.2, -0.15) is 5.10 Å². The first-order valence-electron chi connectivity index (χ1n) is 17.5. The van der Waals surface area contributed by atoms with Crippen LogP contribution < -0.4 is 9.64 Å². The molecule has 0 radical (unpaired) electrons. The number of imide groups is 2. The van der Waals surface area contributed by atoms with Crippen molar-refractivity contribution in [3.8, 4) is 22.1 Å². The molecule has 5 heterocycles. The number of carbonyl (C=O) groups is 4. The summed E-state index contributed by atoms with van der Waals surface area (Å²) in [6.45, 7) is 3.99. The van der Waals surface area contributed by atoms with Gasteiger partial charge in [0.1, 0.15) is 23.0 Å². The van der Waals surface area contributed by atoms with Crippen LogP contribution in [-0.2, 0) is 32.8 Å². The molecule has 2 aliphatic carbocycles. The van der Waals surface area contributed by atoms with Crippen molar-refractivity contribution < 1.29 is 29.0 Å². The third kappa shape index (κ3) is 4.77. The molecule has 1 saturated carbocycles. The zero-order valence-corrected chi connectivity index (χ0v) is 31.7. The number of benzene rings is 2. The molecule has 4 amide bonds. The normalized spacial score (nSPS) is 26.7. The number of likely N-dealkylation sites (tertiary alicyclic amines) is 1. The van der Waals surface area contributed by atoms with Gasteiger partial charge in [-0.05, 0) is 85.3 Å². The van der Waals surface area contributed by atoms with Crippen LogP contribution in [0.2, 0.25) is 5.02 Å². The van der Waals surface area contributed by atoms with Gasteiger partial charge in [0.05, 0.1) is 41.7 Å². The number of phenolic OH excluding ortho intramolecular Hbond substituents is 1. The van der Waals surface area contributed by atoms with E-state index in [2.05, 4.69) is 0 Å². The minimum absolute atomic E-state index is 0.0759. The molecule has 13 heteroatoms. The Morgan fingerprint density at radius 2 is 1.85 bits per heavy atom. The van der Waals surface area contributed by atoms with Gasteiger partial charge >= 0.3 is 0 Å². The zero-order chi connectivity index (χ0) is 37.1. The Kier molecular flexibility index (Phi) is 7.78. The molecule has 3 aromatic heterocycles. The lowest BCUT2D eigenvalue weighted by Crippen LogP contribution is -2.49. The number of allylic oxidation sites excluding steroid dienone is 2. The molecule has 9 rings (SSSR count). The molecule has 1 N–H and O–H groups in total. The summed E-state index contributed by atoms with van der Waals surface area (Å²) in [5.74, 6) is -4.16. The lowest BCUT2D eigenvalue weighted by Gasteiger charge is -2.49. The van der Waals surface area contributed by atoms with Crippen molar-refractivity contribution in [3.63, 3.8) is 0 Å². The summed E-state index contributed by atoms with van der Waals surface area (Å²) in [6, 6.07) is 16.2. The minimum atomic E-state index is -1.37. The first-order valence-corrected chi connectivity index (χ1v) is 19.6. The number of phenols is 1. The molecule has 2 aromatic carbocycles. The van der Waals surface area contributed by atoms with Crippen LogP contribution in [0.5, 0.6) is 11.5 Å². The summed E-state index contributed by atoms with van der Waals surface area (Å²) in [7, 11) is 3.21. The number of rotatable bonds is 6. The molecule has 10 nitrogen and oxygen atoms in total. The third-order valence-electron chi connectivity index (χ3n) is 12.0. The molecule has 5 aromatic rings. The monoisotopic (exact) mass is 766 g/mol. The highest BCUT2D eigenvalue weighted by atomic mass is 35.5. The molecule has 4 aliphatic rings. The molecule has 6 atom stereocenters. The summed E-state index contributed by atoms with van der Waals surface area (Å²) in [5.41, 5.74) is 1.42. The maximum atomic E-state index is 15.1. The maximum Gasteiger partial charge on any atom is 0.242 e. The number of amides is 4. The second-order valence-corrected chi connectivity index (χ2v) is 17.1. The Morgan fingerprint density at radius 3 is 2.60 bits per heavy atom. The predicted octanol–water partition coefficient (Wildman–Crippen LogP) is 7.47. The molecule has 270 valence electrons. The standard InChI is InChI=1S/C40H35ClN4O6S2/c1-19-24-15-20(41)10-13-30(24)53-35(19)27-17-31(43(3)42-27)45-37(48)26-16-25-22(34(40(26,2)39(45)50)33-28(46)8-5-9-29(33)51-4)11-12-23-32(25)38(49)44(36(23)47)18-21-7-6-14-52-21/h5-11,13-15,17,23,25-26,32,34,46H,12,16,18H2,1-4H3/t23-,25+,26-,32-,34+,40+/m0/s1. The average Bonchev–Trinajstić information content (AvgIpc) is 3.95. The van der Waals surface area contributed by atoms with E-state index in [1.165, 1.54) is 28.2 Å². The number of hydrogen-bond donors (Lipinski definition) is 1. The van der Waals surface area contributed by atoms with E-state index in [4.69, 9.17) is 21.4 Å². The van der Waals surface area contributed by atoms with Crippen LogP contribution >= 0.6 is 34.3 Å². The highest BCUT2D eigenvalue weighted by Crippen LogP contribution is 2.65. The number of aryl methyl sites for hydroxylation is 2. The Balaban J connectivity index is 1.16. The average molecular weight is 767 g/mol. The topological polar surface area (TPSA) is 122 Å². The number of fused-ring (bicyclic) bond motifs is 5. The highest BCUT2D eigenvalue weighted by Gasteiger charge is 2.68. The van der Waals surface area contributed by atoms with E-state index in [0.29, 0.717) is 34.3 Å². The van der Waals surface area contributed by atoms with Gasteiger partial charge in [-0.25, -0.2) is 4.90 Å². The van der Waals surface area contributed by atoms with Crippen molar-refractivity contribution in [2.75, 3.05) is 12.0 Å². The van der Waals surface area contributed by atoms with Gasteiger partial charge in [-0.3, -0.25) is 28.8 Å². The quantitative estimate of drug-likeness (QED) is 0.141. The number of hydrogen-bond acceptors (Lipinski definition) is 9. The predicted molar refractivity (Wildman–Crippen MR) is 203 cm³/mol. The number of aromatic hydroxyl groups is 1. The van der Waals surface area contributed by atoms with Crippen molar-refractivity contribution in [2.45, 2.75) is 39.2 Å². The molecule has 2 saturated heterocycles. The SMILES string of the molecule is COc1cccc(O)c1[C@H]1C2=CC[C@@H]3C(=O)N(Cc4cccs4)C(=O)[C@@H]3[C@@H]2C[C@H]2C(=O)N(c3cc(-c4sc5ccc(Cl)cc5c4C)nn3C)C(=O)[C@@]12C. The second-order valence-electron chi connectivity index (χ2n) is 14.6. The smallest absolute Gasteiger partial charge is 0.242 e. The van der Waals surface area contributed by atoms with Gasteiger partial charge in [0.2, 0.25) is 23.6 Å². The molecule has 2 aliphatic heterocycles. The molecule has 0 spiro atoms. The fourth-order valence-electron chi connectivity index (χ4n) is 9.54. The number of thiophene rings is 2. The molecule has 53 heavy (non-hydrogen) atoms. The van der Waals surface area contributed by atoms with Gasteiger partial charge in [0.25, 0.3) is 0 Å². The summed E-state index contributed by atoms with van der Waals surface area (Å²) < 4.78 is 8.40. The number of halogens is 1. The Bertz CT molecular complexity index is 2430. The van der Waals surface area contributed by atoms with Gasteiger partial charge in [-0.15, -0.1) is 22.7 Å². The van der Waals surface area contributed by atoms with Gasteiger partial charge < -0.3 is 9.84 Å². The lowest BCUT2D eigenvalue weighted by atomic mass is 9.51. The number of methoxy groups -OCH3 is 1. The number of carbonyl (C=O) groups excluding carboxylic acids is 4. The fraction of sp³-hybridized carbons (Fsp3) is 0.325. The van der Waals surface area contributed by atoms with Crippen LogP contribution in [0.1, 0.15) is 41.7 Å². The van der Waals surface area contributed by atoms with Gasteiger partial charge in [0, 0.05) is 39.2 Å². The Morgan fingerprint density at radius 1 is 1.04 bits per heavy atom. The molecular weight excluding hydrogens is 732 g/mol. The van der Waals surface area contributed by atoms with E-state index in [9.17, 15) is 19.5 Å². The summed E-state index contributed by atoms with van der Waals surface area (Å²) in [4.78, 5) is 62.5. The van der Waals surface area contributed by atoms with Crippen molar-refractivity contribution in [1.82, 2.24) is 14.7 Å². The molecule has 3 fully saturated rings. The largest absolute Gasteiger partial charge is 0.508 e. The van der Waals surface area contributed by atoms with E-state index in [-0.39, 0.29) is 30.5 Å². The van der Waals surface area contributed by atoms with Crippen molar-refractivity contribution >= 4 is 73.8 Å². The highest BCUT2D eigenvalue weighted by molar-refractivity contribution is 7.22. The van der Waals surface area contributed by atoms with Crippen LogP contribution in [-0.4, -0.2) is 50.5 Å². The number of ether oxygens (including phenoxy) is 1. The first-order chi connectivity index (χ1) is 25.4. The molecular formula is C40H35ClN4O6S2. The van der Waals surface area contributed by atoms with Crippen LogP contribution in [0.15, 0.2) is 71.6 Å². The molecule has 0 unspecified atom stereocenters. The van der Waals surface area contributed by atoms with Crippen molar-refractivity contribution in [3.05, 3.63) is 92.7 Å². The summed E-state index contributed by atoms with van der Waals surface area (Å²) in [6.07, 6.45) is 2.48. The number of anilines is 1. The van der Waals surface area contributed by atoms with Gasteiger partial charge in [-0.1, -0.05) is 35.4 Å². The van der Waals surface area contributed by atoms with Crippen LogP contribution in [0.25, 0.3) is 20.7 Å². The maximum absolute atomic E-state index is 15.1. The van der Waals surface area contributed by atoms with E-state index >= 15 is 4.79 Å². The van der Waals surface area contributed by atoms with Gasteiger partial charge in [0.15, 0.2) is 0 Å². The van der Waals surface area contributed by atoms with E-state index in [1.807, 2.05) is 48.7 Å². The minimum Gasteiger partial charge on any atom is -0.508 e. The van der Waals surface area contributed by atoms with Crippen molar-refractivity contribution in [1.29, 1.82) is 0 Å². The lowest BCUT2D eigenvalue weighted by molar-refractivity contribution is -0.141. The number of nitrogens with zero attached hydrogens (tertiary/aromatic N) is 4. The summed E-state index contributed by atoms with van der Waals surface area (Å²) >= 11 is 9.37. The fourth-order valence-corrected chi connectivity index (χ4v) is 11.5. The third-order valence-corrected chi connectivity index (χ3v) is 14.4. The molecule has 0 bridgehead atoms. The van der Waals surface area contributed by atoms with E-state index < -0.39 is 46.8 Å². The Labute approximate surface area is 318 Å². The summed E-state index contributed by atoms with van der Waals surface area (Å²) in [5, 5.41) is 19.9. The zero-order valence-electron chi connectivity index (χ0n) is 29.3. The first kappa shape index (κ1) is 34.0. The number of aromatic nitrogens is 2. The van der Waals surface area contributed by atoms with Crippen LogP contribution in [0, 0.1) is 36.0 Å². The van der Waals surface area contributed by atoms with Crippen LogP contribution in [0.4, 0.5) is 5.82 Å². The van der Waals surface area contributed by atoms with E-state index in [1.54, 1.807) is 54.3 Å². The van der Waals surface area contributed by atoms with Crippen molar-refractivity contribution in [2.24, 2.45) is 36.1 Å².